The van der Waals surface area contributed by atoms with E-state index >= 15 is 0 Å². The van der Waals surface area contributed by atoms with Crippen molar-refractivity contribution in [1.82, 2.24) is 14.3 Å². The summed E-state index contributed by atoms with van der Waals surface area (Å²) < 4.78 is 40.8. The maximum atomic E-state index is 13.8. The van der Waals surface area contributed by atoms with Crippen molar-refractivity contribution in [3.05, 3.63) is 62.8 Å². The van der Waals surface area contributed by atoms with E-state index in [0.717, 1.165) is 27.5 Å². The number of hydrogen-bond donors (Lipinski definition) is 4. The Morgan fingerprint density at radius 1 is 1.19 bits per heavy atom. The fourth-order valence-corrected chi connectivity index (χ4v) is 3.72. The summed E-state index contributed by atoms with van der Waals surface area (Å²) in [4.78, 5) is 42.9. The Hall–Kier alpha value is -2.71. The summed E-state index contributed by atoms with van der Waals surface area (Å²) in [7, 11) is -4.87. The van der Waals surface area contributed by atoms with Gasteiger partial charge in [-0.25, -0.2) is 13.8 Å². The van der Waals surface area contributed by atoms with Gasteiger partial charge in [0.25, 0.3) is 5.56 Å². The van der Waals surface area contributed by atoms with E-state index in [-0.39, 0.29) is 23.2 Å². The first-order chi connectivity index (χ1) is 15.1. The molecule has 15 heteroatoms. The van der Waals surface area contributed by atoms with Gasteiger partial charge >= 0.3 is 13.5 Å². The van der Waals surface area contributed by atoms with Crippen molar-refractivity contribution in [2.75, 3.05) is 6.61 Å². The molecule has 4 N–H and O–H groups in total. The Morgan fingerprint density at radius 2 is 1.94 bits per heavy atom. The first kappa shape index (κ1) is 22.5. The number of ether oxygens (including phenoxy) is 1. The molecule has 0 spiro atoms. The van der Waals surface area contributed by atoms with E-state index in [1.807, 2.05) is 0 Å². The maximum Gasteiger partial charge on any atom is 0.469 e. The standard InChI is InChI=1S/C17H17FN3O10P/c18-9-3-1-2-8-10(19-31-15(8)9)6-21-12(22)4-5-20(17(21)25)16-14(24)13(23)11(30-16)7-29-32(26,27)28/h1-5,11,13-14,16,23-24H,6-7H2,(H2,26,27,28)/t11-,13+,14?,16-/m1/s1. The lowest BCUT2D eigenvalue weighted by atomic mass is 10.1. The Balaban J connectivity index is 1.65. The Kier molecular flexibility index (Phi) is 5.85. The van der Waals surface area contributed by atoms with Gasteiger partial charge < -0.3 is 29.3 Å². The van der Waals surface area contributed by atoms with Gasteiger partial charge in [-0.1, -0.05) is 11.2 Å². The van der Waals surface area contributed by atoms with Crippen LogP contribution in [0.1, 0.15) is 11.9 Å². The second kappa shape index (κ2) is 8.33. The monoisotopic (exact) mass is 473 g/mol. The van der Waals surface area contributed by atoms with Gasteiger partial charge in [0.15, 0.2) is 12.0 Å². The second-order valence-electron chi connectivity index (χ2n) is 7.01. The molecule has 172 valence electrons. The van der Waals surface area contributed by atoms with Crippen molar-refractivity contribution in [1.29, 1.82) is 0 Å². The van der Waals surface area contributed by atoms with E-state index in [1.54, 1.807) is 0 Å². The van der Waals surface area contributed by atoms with Gasteiger partial charge in [0, 0.05) is 17.6 Å². The van der Waals surface area contributed by atoms with Crippen LogP contribution >= 0.6 is 7.82 Å². The highest BCUT2D eigenvalue weighted by molar-refractivity contribution is 7.46. The number of para-hydroxylation sites is 1. The minimum absolute atomic E-state index is 0.109. The number of halogens is 1. The summed E-state index contributed by atoms with van der Waals surface area (Å²) in [5.74, 6) is -0.667. The third kappa shape index (κ3) is 4.17. The Labute approximate surface area is 177 Å². The van der Waals surface area contributed by atoms with Crippen LogP contribution in [0.5, 0.6) is 0 Å². The van der Waals surface area contributed by atoms with Crippen LogP contribution in [-0.2, 0) is 20.4 Å². The number of aliphatic hydroxyl groups is 2. The van der Waals surface area contributed by atoms with E-state index in [1.165, 1.54) is 12.1 Å². The molecule has 0 saturated carbocycles. The number of aliphatic hydroxyl groups excluding tert-OH is 2. The zero-order chi connectivity index (χ0) is 23.2. The number of hydrogen-bond acceptors (Lipinski definition) is 9. The SMILES string of the molecule is O=c1ccn([C@@H]2O[C@H](COP(=O)(O)O)[C@H](O)C2O)c(=O)n1Cc1noc2c(F)cccc12. The summed E-state index contributed by atoms with van der Waals surface area (Å²) in [6.07, 6.45) is -5.12. The van der Waals surface area contributed by atoms with Crippen LogP contribution in [0.25, 0.3) is 11.0 Å². The van der Waals surface area contributed by atoms with Crippen LogP contribution in [-0.4, -0.2) is 59.2 Å². The molecular formula is C17H17FN3O10P. The molecule has 1 saturated heterocycles. The molecule has 4 rings (SSSR count). The molecule has 1 aliphatic heterocycles. The average Bonchev–Trinajstić information content (AvgIpc) is 3.26. The van der Waals surface area contributed by atoms with E-state index in [2.05, 4.69) is 9.68 Å². The number of phosphoric ester groups is 1. The lowest BCUT2D eigenvalue weighted by molar-refractivity contribution is -0.0548. The molecule has 0 aliphatic carbocycles. The molecule has 13 nitrogen and oxygen atoms in total. The van der Waals surface area contributed by atoms with Crippen LogP contribution in [0.3, 0.4) is 0 Å². The zero-order valence-electron chi connectivity index (χ0n) is 16.0. The molecule has 4 atom stereocenters. The summed E-state index contributed by atoms with van der Waals surface area (Å²) in [5.41, 5.74) is -1.71. The van der Waals surface area contributed by atoms with Crippen molar-refractivity contribution >= 4 is 18.8 Å². The van der Waals surface area contributed by atoms with Crippen molar-refractivity contribution in [3.8, 4) is 0 Å². The highest BCUT2D eigenvalue weighted by Crippen LogP contribution is 2.38. The predicted octanol–water partition coefficient (Wildman–Crippen LogP) is -0.933. The molecule has 3 aromatic rings. The largest absolute Gasteiger partial charge is 0.469 e. The van der Waals surface area contributed by atoms with Crippen molar-refractivity contribution in [2.45, 2.75) is 31.1 Å². The summed E-state index contributed by atoms with van der Waals surface area (Å²) in [5, 5.41) is 24.4. The number of phosphoric acid groups is 1. The Bertz CT molecular complexity index is 1310. The third-order valence-electron chi connectivity index (χ3n) is 4.95. The van der Waals surface area contributed by atoms with Crippen molar-refractivity contribution < 1.29 is 42.7 Å². The zero-order valence-corrected chi connectivity index (χ0v) is 16.9. The number of aromatic nitrogens is 3. The molecule has 1 aliphatic rings. The van der Waals surface area contributed by atoms with Gasteiger partial charge in [-0.15, -0.1) is 0 Å². The summed E-state index contributed by atoms with van der Waals surface area (Å²) >= 11 is 0. The summed E-state index contributed by atoms with van der Waals surface area (Å²) in [6, 6.07) is 5.08. The predicted molar refractivity (Wildman–Crippen MR) is 102 cm³/mol. The number of rotatable bonds is 6. The Morgan fingerprint density at radius 3 is 2.66 bits per heavy atom. The molecule has 1 fully saturated rings. The second-order valence-corrected chi connectivity index (χ2v) is 8.25. The molecule has 0 radical (unpaired) electrons. The third-order valence-corrected chi connectivity index (χ3v) is 5.43. The minimum Gasteiger partial charge on any atom is -0.387 e. The highest BCUT2D eigenvalue weighted by Gasteiger charge is 2.45. The lowest BCUT2D eigenvalue weighted by Gasteiger charge is -2.18. The van der Waals surface area contributed by atoms with Crippen LogP contribution in [0.15, 0.2) is 44.6 Å². The lowest BCUT2D eigenvalue weighted by Crippen LogP contribution is -2.43. The molecule has 2 aromatic heterocycles. The molecule has 32 heavy (non-hydrogen) atoms. The van der Waals surface area contributed by atoms with Gasteiger partial charge in [0.2, 0.25) is 5.58 Å². The van der Waals surface area contributed by atoms with Crippen molar-refractivity contribution in [3.63, 3.8) is 0 Å². The van der Waals surface area contributed by atoms with Gasteiger partial charge in [-0.05, 0) is 12.1 Å². The van der Waals surface area contributed by atoms with Gasteiger partial charge in [-0.2, -0.15) is 0 Å². The number of fused-ring (bicyclic) bond motifs is 1. The van der Waals surface area contributed by atoms with Gasteiger partial charge in [0.05, 0.1) is 13.2 Å². The topological polar surface area (TPSA) is 186 Å². The normalized spacial score (nSPS) is 23.8. The van der Waals surface area contributed by atoms with E-state index in [9.17, 15) is 28.8 Å². The molecule has 3 heterocycles. The molecular weight excluding hydrogens is 456 g/mol. The fourth-order valence-electron chi connectivity index (χ4n) is 3.38. The van der Waals surface area contributed by atoms with Crippen molar-refractivity contribution in [2.24, 2.45) is 0 Å². The minimum atomic E-state index is -4.87. The van der Waals surface area contributed by atoms with Gasteiger partial charge in [-0.3, -0.25) is 18.5 Å². The summed E-state index contributed by atoms with van der Waals surface area (Å²) in [6.45, 7) is -1.14. The molecule has 1 unspecified atom stereocenters. The van der Waals surface area contributed by atoms with Crippen LogP contribution < -0.4 is 11.2 Å². The van der Waals surface area contributed by atoms with E-state index in [0.29, 0.717) is 0 Å². The number of benzene rings is 1. The first-order valence-electron chi connectivity index (χ1n) is 9.13. The van der Waals surface area contributed by atoms with Crippen LogP contribution in [0.4, 0.5) is 4.39 Å². The molecule has 0 bridgehead atoms. The number of nitrogens with zero attached hydrogens (tertiary/aromatic N) is 3. The van der Waals surface area contributed by atoms with Crippen LogP contribution in [0, 0.1) is 5.82 Å². The molecule has 1 aromatic carbocycles. The first-order valence-corrected chi connectivity index (χ1v) is 10.7. The van der Waals surface area contributed by atoms with E-state index in [4.69, 9.17) is 19.0 Å². The average molecular weight is 473 g/mol. The maximum absolute atomic E-state index is 13.8. The highest BCUT2D eigenvalue weighted by atomic mass is 31.2. The smallest absolute Gasteiger partial charge is 0.387 e. The quantitative estimate of drug-likeness (QED) is 0.324. The van der Waals surface area contributed by atoms with Gasteiger partial charge in [0.1, 0.15) is 24.0 Å². The molecule has 0 amide bonds. The van der Waals surface area contributed by atoms with Crippen LogP contribution in [0.2, 0.25) is 0 Å². The fraction of sp³-hybridized carbons (Fsp3) is 0.353. The van der Waals surface area contributed by atoms with E-state index < -0.39 is 56.0 Å².